The number of methoxy groups -OCH3 is 1. The first-order chi connectivity index (χ1) is 11.0. The van der Waals surface area contributed by atoms with Gasteiger partial charge in [0.15, 0.2) is 5.13 Å². The molecule has 3 amide bonds. The Labute approximate surface area is 135 Å². The maximum absolute atomic E-state index is 11.9. The first-order valence-electron chi connectivity index (χ1n) is 6.47. The number of ether oxygens (including phenoxy) is 1. The molecule has 120 valence electrons. The molecule has 23 heavy (non-hydrogen) atoms. The van der Waals surface area contributed by atoms with Crippen LogP contribution in [0.4, 0.5) is 15.6 Å². The van der Waals surface area contributed by atoms with Crippen LogP contribution >= 0.6 is 11.3 Å². The summed E-state index contributed by atoms with van der Waals surface area (Å²) in [5.74, 6) is -0.803. The van der Waals surface area contributed by atoms with Gasteiger partial charge >= 0.3 is 6.09 Å². The zero-order valence-electron chi connectivity index (χ0n) is 12.2. The van der Waals surface area contributed by atoms with Crippen LogP contribution in [0.1, 0.15) is 16.1 Å². The zero-order valence-corrected chi connectivity index (χ0v) is 13.0. The molecular formula is C14H14N4O4S. The van der Waals surface area contributed by atoms with Crippen molar-refractivity contribution in [2.45, 2.75) is 6.42 Å². The lowest BCUT2D eigenvalue weighted by molar-refractivity contribution is -0.115. The molecule has 1 heterocycles. The number of carbonyl (C=O) groups excluding carboxylic acids is 3. The van der Waals surface area contributed by atoms with E-state index in [0.717, 1.165) is 0 Å². The lowest BCUT2D eigenvalue weighted by atomic mass is 10.2. The van der Waals surface area contributed by atoms with Crippen LogP contribution in [0.2, 0.25) is 0 Å². The molecule has 4 N–H and O–H groups in total. The van der Waals surface area contributed by atoms with Crippen LogP contribution < -0.4 is 16.4 Å². The summed E-state index contributed by atoms with van der Waals surface area (Å²) in [5, 5.41) is 7.12. The molecule has 9 heteroatoms. The molecule has 0 radical (unpaired) electrons. The van der Waals surface area contributed by atoms with Crippen LogP contribution in [0.5, 0.6) is 0 Å². The molecule has 0 saturated carbocycles. The van der Waals surface area contributed by atoms with Gasteiger partial charge in [-0.05, 0) is 24.3 Å². The minimum Gasteiger partial charge on any atom is -0.453 e. The molecule has 1 aromatic heterocycles. The Morgan fingerprint density at radius 2 is 1.91 bits per heavy atom. The molecular weight excluding hydrogens is 320 g/mol. The molecule has 2 aromatic rings. The second kappa shape index (κ2) is 7.36. The van der Waals surface area contributed by atoms with E-state index < -0.39 is 12.0 Å². The van der Waals surface area contributed by atoms with E-state index in [-0.39, 0.29) is 12.3 Å². The number of hydrogen-bond acceptors (Lipinski definition) is 6. The Kier molecular flexibility index (Phi) is 5.26. The molecule has 2 rings (SSSR count). The number of carbonyl (C=O) groups is 3. The van der Waals surface area contributed by atoms with Crippen molar-refractivity contribution in [1.29, 1.82) is 0 Å². The Balaban J connectivity index is 1.91. The molecule has 1 aromatic carbocycles. The van der Waals surface area contributed by atoms with Gasteiger partial charge in [0.1, 0.15) is 0 Å². The van der Waals surface area contributed by atoms with Gasteiger partial charge < -0.3 is 15.8 Å². The fourth-order valence-electron chi connectivity index (χ4n) is 1.67. The van der Waals surface area contributed by atoms with Crippen molar-refractivity contribution in [3.05, 3.63) is 40.9 Å². The topological polar surface area (TPSA) is 123 Å². The molecule has 0 aliphatic heterocycles. The third-order valence-electron chi connectivity index (χ3n) is 2.74. The fourth-order valence-corrected chi connectivity index (χ4v) is 2.37. The SMILES string of the molecule is COC(=O)Nc1nc(CC(=O)Nc2ccc(C(N)=O)cc2)cs1. The van der Waals surface area contributed by atoms with Gasteiger partial charge in [0.05, 0.1) is 19.2 Å². The zero-order chi connectivity index (χ0) is 16.8. The maximum atomic E-state index is 11.9. The summed E-state index contributed by atoms with van der Waals surface area (Å²) < 4.78 is 4.45. The van der Waals surface area contributed by atoms with Gasteiger partial charge in [0.25, 0.3) is 0 Å². The van der Waals surface area contributed by atoms with E-state index in [1.54, 1.807) is 17.5 Å². The summed E-state index contributed by atoms with van der Waals surface area (Å²) in [6, 6.07) is 6.23. The fraction of sp³-hybridized carbons (Fsp3) is 0.143. The van der Waals surface area contributed by atoms with E-state index in [0.29, 0.717) is 22.1 Å². The quantitative estimate of drug-likeness (QED) is 0.766. The highest BCUT2D eigenvalue weighted by molar-refractivity contribution is 7.13. The number of thiazole rings is 1. The van der Waals surface area contributed by atoms with Crippen LogP contribution in [0.25, 0.3) is 0 Å². The molecule has 0 unspecified atom stereocenters. The Hall–Kier alpha value is -2.94. The van der Waals surface area contributed by atoms with Crippen molar-refractivity contribution in [3.8, 4) is 0 Å². The standard InChI is InChI=1S/C14H14N4O4S/c1-22-14(21)18-13-17-10(7-23-13)6-11(19)16-9-4-2-8(3-5-9)12(15)20/h2-5,7H,6H2,1H3,(H2,15,20)(H,16,19)(H,17,18,21). The first kappa shape index (κ1) is 16.4. The third-order valence-corrected chi connectivity index (χ3v) is 3.55. The largest absolute Gasteiger partial charge is 0.453 e. The van der Waals surface area contributed by atoms with Gasteiger partial charge in [0, 0.05) is 16.6 Å². The van der Waals surface area contributed by atoms with Gasteiger partial charge in [-0.2, -0.15) is 0 Å². The van der Waals surface area contributed by atoms with Crippen molar-refractivity contribution in [2.75, 3.05) is 17.7 Å². The highest BCUT2D eigenvalue weighted by Gasteiger charge is 2.10. The van der Waals surface area contributed by atoms with E-state index >= 15 is 0 Å². The van der Waals surface area contributed by atoms with Crippen LogP contribution in [0.15, 0.2) is 29.6 Å². The number of hydrogen-bond donors (Lipinski definition) is 3. The smallest absolute Gasteiger partial charge is 0.413 e. The van der Waals surface area contributed by atoms with Crippen molar-refractivity contribution < 1.29 is 19.1 Å². The summed E-state index contributed by atoms with van der Waals surface area (Å²) in [6.07, 6.45) is -0.568. The lowest BCUT2D eigenvalue weighted by Crippen LogP contribution is -2.15. The van der Waals surface area contributed by atoms with Gasteiger partial charge in [-0.1, -0.05) is 0 Å². The van der Waals surface area contributed by atoms with Gasteiger partial charge in [-0.3, -0.25) is 14.9 Å². The normalized spacial score (nSPS) is 9.96. The Bertz CT molecular complexity index is 727. The van der Waals surface area contributed by atoms with Gasteiger partial charge in [0.2, 0.25) is 11.8 Å². The average molecular weight is 334 g/mol. The summed E-state index contributed by atoms with van der Waals surface area (Å²) in [4.78, 5) is 38.1. The Morgan fingerprint density at radius 3 is 2.52 bits per heavy atom. The summed E-state index contributed by atoms with van der Waals surface area (Å²) in [5.41, 5.74) is 6.57. The number of primary amides is 1. The highest BCUT2D eigenvalue weighted by atomic mass is 32.1. The molecule has 0 saturated heterocycles. The Morgan fingerprint density at radius 1 is 1.22 bits per heavy atom. The number of nitrogens with two attached hydrogens (primary N) is 1. The number of rotatable bonds is 5. The molecule has 0 spiro atoms. The maximum Gasteiger partial charge on any atom is 0.413 e. The van der Waals surface area contributed by atoms with Crippen molar-refractivity contribution >= 4 is 40.1 Å². The predicted octanol–water partition coefficient (Wildman–Crippen LogP) is 1.60. The van der Waals surface area contributed by atoms with E-state index in [4.69, 9.17) is 5.73 Å². The summed E-state index contributed by atoms with van der Waals surface area (Å²) in [6.45, 7) is 0. The minimum absolute atomic E-state index is 0.0525. The third kappa shape index (κ3) is 4.78. The van der Waals surface area contributed by atoms with Crippen LogP contribution in [0.3, 0.4) is 0 Å². The molecule has 0 aliphatic carbocycles. The van der Waals surface area contributed by atoms with Crippen LogP contribution in [-0.4, -0.2) is 30.0 Å². The average Bonchev–Trinajstić information content (AvgIpc) is 2.94. The summed E-state index contributed by atoms with van der Waals surface area (Å²) >= 11 is 1.19. The number of amides is 3. The number of benzene rings is 1. The van der Waals surface area contributed by atoms with Crippen molar-refractivity contribution in [2.24, 2.45) is 5.73 Å². The predicted molar refractivity (Wildman–Crippen MR) is 85.4 cm³/mol. The van der Waals surface area contributed by atoms with E-state index in [1.165, 1.54) is 30.6 Å². The van der Waals surface area contributed by atoms with Crippen molar-refractivity contribution in [1.82, 2.24) is 4.98 Å². The van der Waals surface area contributed by atoms with Crippen LogP contribution in [0, 0.1) is 0 Å². The highest BCUT2D eigenvalue weighted by Crippen LogP contribution is 2.16. The van der Waals surface area contributed by atoms with E-state index in [2.05, 4.69) is 20.4 Å². The number of nitrogens with zero attached hydrogens (tertiary/aromatic N) is 1. The van der Waals surface area contributed by atoms with Crippen molar-refractivity contribution in [3.63, 3.8) is 0 Å². The monoisotopic (exact) mass is 334 g/mol. The molecule has 8 nitrogen and oxygen atoms in total. The van der Waals surface area contributed by atoms with Crippen LogP contribution in [-0.2, 0) is 16.0 Å². The van der Waals surface area contributed by atoms with E-state index in [1.807, 2.05) is 0 Å². The number of aromatic nitrogens is 1. The van der Waals surface area contributed by atoms with E-state index in [9.17, 15) is 14.4 Å². The number of nitrogens with one attached hydrogen (secondary N) is 2. The molecule has 0 atom stereocenters. The molecule has 0 fully saturated rings. The number of anilines is 2. The second-order valence-electron chi connectivity index (χ2n) is 4.43. The minimum atomic E-state index is -0.620. The van der Waals surface area contributed by atoms with Gasteiger partial charge in [-0.15, -0.1) is 11.3 Å². The second-order valence-corrected chi connectivity index (χ2v) is 5.29. The molecule has 0 bridgehead atoms. The summed E-state index contributed by atoms with van der Waals surface area (Å²) in [7, 11) is 1.25. The lowest BCUT2D eigenvalue weighted by Gasteiger charge is -2.04. The van der Waals surface area contributed by atoms with Gasteiger partial charge in [-0.25, -0.2) is 9.78 Å². The first-order valence-corrected chi connectivity index (χ1v) is 7.35. The molecule has 0 aliphatic rings.